The average Bonchev–Trinajstić information content (AvgIpc) is 2.78. The molecule has 1 aromatic heterocycles. The van der Waals surface area contributed by atoms with Gasteiger partial charge in [0.15, 0.2) is 0 Å². The van der Waals surface area contributed by atoms with Gasteiger partial charge in [-0.05, 0) is 38.6 Å². The molecule has 0 aliphatic heterocycles. The van der Waals surface area contributed by atoms with Gasteiger partial charge in [-0.2, -0.15) is 5.10 Å². The second-order valence-corrected chi connectivity index (χ2v) is 5.31. The first-order chi connectivity index (χ1) is 8.08. The van der Waals surface area contributed by atoms with Crippen molar-refractivity contribution in [2.45, 2.75) is 38.8 Å². The molecule has 1 aliphatic carbocycles. The Morgan fingerprint density at radius 3 is 2.82 bits per heavy atom. The SMILES string of the molecule is Cc1nn(C)c(CNCC2CCC(O)C2)c1Cl. The maximum Gasteiger partial charge on any atom is 0.0860 e. The number of hydrogen-bond donors (Lipinski definition) is 2. The van der Waals surface area contributed by atoms with Gasteiger partial charge in [-0.3, -0.25) is 4.68 Å². The lowest BCUT2D eigenvalue weighted by atomic mass is 10.1. The van der Waals surface area contributed by atoms with Crippen LogP contribution in [-0.4, -0.2) is 27.5 Å². The molecule has 2 N–H and O–H groups in total. The van der Waals surface area contributed by atoms with E-state index in [9.17, 15) is 5.11 Å². The number of aliphatic hydroxyl groups is 1. The predicted molar refractivity (Wildman–Crippen MR) is 68.0 cm³/mol. The third-order valence-corrected chi connectivity index (χ3v) is 3.99. The quantitative estimate of drug-likeness (QED) is 0.862. The molecule has 0 bridgehead atoms. The van der Waals surface area contributed by atoms with Crippen molar-refractivity contribution in [2.75, 3.05) is 6.54 Å². The van der Waals surface area contributed by atoms with Crippen LogP contribution in [0.2, 0.25) is 5.02 Å². The van der Waals surface area contributed by atoms with E-state index in [-0.39, 0.29) is 6.10 Å². The molecule has 4 nitrogen and oxygen atoms in total. The molecule has 17 heavy (non-hydrogen) atoms. The summed E-state index contributed by atoms with van der Waals surface area (Å²) in [7, 11) is 1.91. The monoisotopic (exact) mass is 257 g/mol. The molecule has 2 rings (SSSR count). The summed E-state index contributed by atoms with van der Waals surface area (Å²) in [4.78, 5) is 0. The molecule has 96 valence electrons. The number of nitrogens with one attached hydrogen (secondary N) is 1. The molecule has 1 aromatic rings. The van der Waals surface area contributed by atoms with Gasteiger partial charge in [0.25, 0.3) is 0 Å². The minimum absolute atomic E-state index is 0.0932. The number of aryl methyl sites for hydroxylation is 2. The second kappa shape index (κ2) is 5.38. The van der Waals surface area contributed by atoms with Crippen LogP contribution in [0.1, 0.15) is 30.7 Å². The van der Waals surface area contributed by atoms with Crippen molar-refractivity contribution in [1.82, 2.24) is 15.1 Å². The highest BCUT2D eigenvalue weighted by atomic mass is 35.5. The van der Waals surface area contributed by atoms with E-state index < -0.39 is 0 Å². The fourth-order valence-corrected chi connectivity index (χ4v) is 2.73. The molecular formula is C12H20ClN3O. The van der Waals surface area contributed by atoms with E-state index in [0.717, 1.165) is 48.8 Å². The zero-order chi connectivity index (χ0) is 12.4. The first-order valence-corrected chi connectivity index (χ1v) is 6.52. The van der Waals surface area contributed by atoms with Crippen molar-refractivity contribution in [2.24, 2.45) is 13.0 Å². The highest BCUT2D eigenvalue weighted by Gasteiger charge is 2.22. The van der Waals surface area contributed by atoms with Crippen LogP contribution in [0.25, 0.3) is 0 Å². The van der Waals surface area contributed by atoms with E-state index in [1.54, 1.807) is 0 Å². The van der Waals surface area contributed by atoms with Crippen LogP contribution in [0.4, 0.5) is 0 Å². The normalized spacial score (nSPS) is 24.5. The lowest BCUT2D eigenvalue weighted by molar-refractivity contribution is 0.177. The van der Waals surface area contributed by atoms with E-state index in [1.807, 2.05) is 18.7 Å². The van der Waals surface area contributed by atoms with Crippen LogP contribution in [0, 0.1) is 12.8 Å². The summed E-state index contributed by atoms with van der Waals surface area (Å²) in [5, 5.41) is 17.9. The Labute approximate surface area is 107 Å². The second-order valence-electron chi connectivity index (χ2n) is 4.93. The van der Waals surface area contributed by atoms with Gasteiger partial charge in [0.1, 0.15) is 0 Å². The summed E-state index contributed by atoms with van der Waals surface area (Å²) >= 11 is 6.17. The zero-order valence-electron chi connectivity index (χ0n) is 10.4. The summed E-state index contributed by atoms with van der Waals surface area (Å²) in [5.74, 6) is 0.595. The van der Waals surface area contributed by atoms with E-state index in [0.29, 0.717) is 5.92 Å². The number of halogens is 1. The Balaban J connectivity index is 1.82. The molecule has 1 fully saturated rings. The van der Waals surface area contributed by atoms with E-state index >= 15 is 0 Å². The Kier molecular flexibility index (Phi) is 4.07. The van der Waals surface area contributed by atoms with Crippen LogP contribution < -0.4 is 5.32 Å². The fraction of sp³-hybridized carbons (Fsp3) is 0.750. The number of hydrogen-bond acceptors (Lipinski definition) is 3. The summed E-state index contributed by atoms with van der Waals surface area (Å²) in [6.45, 7) is 3.60. The van der Waals surface area contributed by atoms with Crippen molar-refractivity contribution in [3.63, 3.8) is 0 Å². The molecule has 0 spiro atoms. The molecule has 2 atom stereocenters. The van der Waals surface area contributed by atoms with Crippen molar-refractivity contribution < 1.29 is 5.11 Å². The maximum absolute atomic E-state index is 9.44. The van der Waals surface area contributed by atoms with Crippen LogP contribution in [-0.2, 0) is 13.6 Å². The molecule has 2 unspecified atom stereocenters. The molecule has 5 heteroatoms. The molecular weight excluding hydrogens is 238 g/mol. The Hall–Kier alpha value is -0.580. The summed E-state index contributed by atoms with van der Waals surface area (Å²) in [5.41, 5.74) is 1.91. The van der Waals surface area contributed by atoms with Crippen molar-refractivity contribution in [3.05, 3.63) is 16.4 Å². The largest absolute Gasteiger partial charge is 0.393 e. The van der Waals surface area contributed by atoms with Crippen molar-refractivity contribution in [3.8, 4) is 0 Å². The lowest BCUT2D eigenvalue weighted by Gasteiger charge is -2.11. The molecule has 0 radical (unpaired) electrons. The van der Waals surface area contributed by atoms with Crippen LogP contribution in [0.5, 0.6) is 0 Å². The minimum Gasteiger partial charge on any atom is -0.393 e. The third-order valence-electron chi connectivity index (χ3n) is 3.50. The van der Waals surface area contributed by atoms with Gasteiger partial charge >= 0.3 is 0 Å². The zero-order valence-corrected chi connectivity index (χ0v) is 11.2. The highest BCUT2D eigenvalue weighted by Crippen LogP contribution is 2.25. The van der Waals surface area contributed by atoms with Crippen LogP contribution in [0.15, 0.2) is 0 Å². The predicted octanol–water partition coefficient (Wildman–Crippen LogP) is 1.63. The number of rotatable bonds is 4. The Morgan fingerprint density at radius 2 is 2.29 bits per heavy atom. The Bertz CT molecular complexity index is 391. The van der Waals surface area contributed by atoms with Crippen LogP contribution in [0.3, 0.4) is 0 Å². The Morgan fingerprint density at radius 1 is 1.53 bits per heavy atom. The van der Waals surface area contributed by atoms with Gasteiger partial charge in [0.05, 0.1) is 22.5 Å². The molecule has 0 amide bonds. The highest BCUT2D eigenvalue weighted by molar-refractivity contribution is 6.31. The molecule has 0 saturated heterocycles. The maximum atomic E-state index is 9.44. The van der Waals surface area contributed by atoms with E-state index in [1.165, 1.54) is 0 Å². The summed E-state index contributed by atoms with van der Waals surface area (Å²) in [6, 6.07) is 0. The standard InChI is InChI=1S/C12H20ClN3O/c1-8-12(13)11(16(2)15-8)7-14-6-9-3-4-10(17)5-9/h9-10,14,17H,3-7H2,1-2H3. The van der Waals surface area contributed by atoms with Gasteiger partial charge in [0.2, 0.25) is 0 Å². The smallest absolute Gasteiger partial charge is 0.0860 e. The molecule has 1 saturated carbocycles. The summed E-state index contributed by atoms with van der Waals surface area (Å²) in [6.07, 6.45) is 2.89. The summed E-state index contributed by atoms with van der Waals surface area (Å²) < 4.78 is 1.83. The number of aliphatic hydroxyl groups excluding tert-OH is 1. The van der Waals surface area contributed by atoms with Gasteiger partial charge in [-0.15, -0.1) is 0 Å². The third kappa shape index (κ3) is 3.00. The average molecular weight is 258 g/mol. The number of aromatic nitrogens is 2. The van der Waals surface area contributed by atoms with Gasteiger partial charge in [0, 0.05) is 13.6 Å². The fourth-order valence-electron chi connectivity index (χ4n) is 2.50. The van der Waals surface area contributed by atoms with Gasteiger partial charge in [-0.25, -0.2) is 0 Å². The van der Waals surface area contributed by atoms with Gasteiger partial charge in [-0.1, -0.05) is 11.6 Å². The molecule has 0 aromatic carbocycles. The van der Waals surface area contributed by atoms with Crippen molar-refractivity contribution in [1.29, 1.82) is 0 Å². The minimum atomic E-state index is -0.0932. The van der Waals surface area contributed by atoms with E-state index in [2.05, 4.69) is 10.4 Å². The van der Waals surface area contributed by atoms with Crippen molar-refractivity contribution >= 4 is 11.6 Å². The van der Waals surface area contributed by atoms with Crippen LogP contribution >= 0.6 is 11.6 Å². The molecule has 1 heterocycles. The van der Waals surface area contributed by atoms with Gasteiger partial charge < -0.3 is 10.4 Å². The first kappa shape index (κ1) is 12.9. The van der Waals surface area contributed by atoms with E-state index in [4.69, 9.17) is 11.6 Å². The number of nitrogens with zero attached hydrogens (tertiary/aromatic N) is 2. The lowest BCUT2D eigenvalue weighted by Crippen LogP contribution is -2.22. The topological polar surface area (TPSA) is 50.1 Å². The first-order valence-electron chi connectivity index (χ1n) is 6.14. The molecule has 1 aliphatic rings.